The number of para-hydroxylation sites is 1. The number of primary amides is 1. The topological polar surface area (TPSA) is 118 Å². The third-order valence-corrected chi connectivity index (χ3v) is 2.64. The summed E-state index contributed by atoms with van der Waals surface area (Å²) in [4.78, 5) is 22.1. The predicted molar refractivity (Wildman–Crippen MR) is 66.2 cm³/mol. The zero-order chi connectivity index (χ0) is 13.0. The number of phenolic OH excluding ortho intramolecular Hbond substituents is 1. The van der Waals surface area contributed by atoms with Gasteiger partial charge in [-0.3, -0.25) is 9.59 Å². The zero-order valence-corrected chi connectivity index (χ0v) is 10.4. The smallest absolute Gasteiger partial charge is 0.241 e. The average Bonchev–Trinajstić information content (AvgIpc) is 2.23. The molecule has 1 rings (SSSR count). The van der Waals surface area contributed by atoms with E-state index in [4.69, 9.17) is 11.5 Å². The standard InChI is InChI=1S/C10H12BrN3O3/c11-5-2-1-3-7(9(5)16)14-10(17)6(12)4-8(13)15/h1-3,6,16H,4,12H2,(H2,13,15)(H,14,17). The maximum Gasteiger partial charge on any atom is 0.241 e. The molecule has 6 nitrogen and oxygen atoms in total. The number of carbonyl (C=O) groups excluding carboxylic acids is 2. The van der Waals surface area contributed by atoms with Crippen molar-refractivity contribution in [1.82, 2.24) is 0 Å². The van der Waals surface area contributed by atoms with E-state index in [0.29, 0.717) is 4.47 Å². The highest BCUT2D eigenvalue weighted by Crippen LogP contribution is 2.31. The third-order valence-electron chi connectivity index (χ3n) is 2.00. The predicted octanol–water partition coefficient (Wildman–Crippen LogP) is 0.296. The molecule has 1 aromatic rings. The van der Waals surface area contributed by atoms with Crippen molar-refractivity contribution in [1.29, 1.82) is 0 Å². The first-order valence-corrected chi connectivity index (χ1v) is 5.53. The van der Waals surface area contributed by atoms with Gasteiger partial charge in [0, 0.05) is 0 Å². The first kappa shape index (κ1) is 13.5. The number of nitrogens with one attached hydrogen (secondary N) is 1. The molecule has 0 saturated carbocycles. The lowest BCUT2D eigenvalue weighted by Crippen LogP contribution is -2.39. The molecule has 1 atom stereocenters. The van der Waals surface area contributed by atoms with Crippen molar-refractivity contribution < 1.29 is 14.7 Å². The van der Waals surface area contributed by atoms with E-state index >= 15 is 0 Å². The lowest BCUT2D eigenvalue weighted by molar-refractivity contribution is -0.123. The van der Waals surface area contributed by atoms with E-state index in [1.165, 1.54) is 6.07 Å². The van der Waals surface area contributed by atoms with Crippen molar-refractivity contribution in [2.75, 3.05) is 5.32 Å². The molecular formula is C10H12BrN3O3. The molecule has 0 fully saturated rings. The Morgan fingerprint density at radius 1 is 1.47 bits per heavy atom. The van der Waals surface area contributed by atoms with Gasteiger partial charge in [-0.05, 0) is 28.1 Å². The van der Waals surface area contributed by atoms with Crippen LogP contribution in [0.25, 0.3) is 0 Å². The number of hydrogen-bond donors (Lipinski definition) is 4. The number of rotatable bonds is 4. The SMILES string of the molecule is NC(=O)CC(N)C(=O)Nc1cccc(Br)c1O. The summed E-state index contributed by atoms with van der Waals surface area (Å²) in [6.45, 7) is 0. The third kappa shape index (κ3) is 3.72. The van der Waals surface area contributed by atoms with Crippen LogP contribution in [0.4, 0.5) is 5.69 Å². The van der Waals surface area contributed by atoms with E-state index in [9.17, 15) is 14.7 Å². The second-order valence-corrected chi connectivity index (χ2v) is 4.26. The van der Waals surface area contributed by atoms with E-state index in [1.54, 1.807) is 12.1 Å². The van der Waals surface area contributed by atoms with Gasteiger partial charge in [-0.25, -0.2) is 0 Å². The molecule has 0 aromatic heterocycles. The van der Waals surface area contributed by atoms with Crippen LogP contribution in [-0.2, 0) is 9.59 Å². The lowest BCUT2D eigenvalue weighted by Gasteiger charge is -2.12. The average molecular weight is 302 g/mol. The monoisotopic (exact) mass is 301 g/mol. The maximum atomic E-state index is 11.5. The number of aromatic hydroxyl groups is 1. The molecular weight excluding hydrogens is 290 g/mol. The Morgan fingerprint density at radius 2 is 2.12 bits per heavy atom. The number of hydrogen-bond acceptors (Lipinski definition) is 4. The molecule has 0 spiro atoms. The molecule has 0 bridgehead atoms. The van der Waals surface area contributed by atoms with Crippen molar-refractivity contribution in [2.24, 2.45) is 11.5 Å². The maximum absolute atomic E-state index is 11.5. The number of nitrogens with two attached hydrogens (primary N) is 2. The molecule has 0 radical (unpaired) electrons. The summed E-state index contributed by atoms with van der Waals surface area (Å²) in [5.41, 5.74) is 10.6. The summed E-state index contributed by atoms with van der Waals surface area (Å²) in [7, 11) is 0. The fourth-order valence-electron chi connectivity index (χ4n) is 1.15. The van der Waals surface area contributed by atoms with Crippen molar-refractivity contribution in [3.63, 3.8) is 0 Å². The van der Waals surface area contributed by atoms with Gasteiger partial charge in [0.25, 0.3) is 0 Å². The lowest BCUT2D eigenvalue weighted by atomic mass is 10.2. The number of anilines is 1. The van der Waals surface area contributed by atoms with Crippen LogP contribution in [0.1, 0.15) is 6.42 Å². The van der Waals surface area contributed by atoms with Gasteiger partial charge in [0.05, 0.1) is 22.6 Å². The Kier molecular flexibility index (Phi) is 4.47. The summed E-state index contributed by atoms with van der Waals surface area (Å²) in [6, 6.07) is 3.73. The Labute approximate surface area is 106 Å². The van der Waals surface area contributed by atoms with Gasteiger partial charge in [0.2, 0.25) is 11.8 Å². The van der Waals surface area contributed by atoms with E-state index in [-0.39, 0.29) is 17.9 Å². The molecule has 17 heavy (non-hydrogen) atoms. The number of halogens is 1. The fourth-order valence-corrected chi connectivity index (χ4v) is 1.52. The molecule has 2 amide bonds. The molecule has 0 heterocycles. The van der Waals surface area contributed by atoms with Gasteiger partial charge in [0.15, 0.2) is 5.75 Å². The van der Waals surface area contributed by atoms with Crippen LogP contribution >= 0.6 is 15.9 Å². The van der Waals surface area contributed by atoms with Crippen LogP contribution in [0.5, 0.6) is 5.75 Å². The highest BCUT2D eigenvalue weighted by Gasteiger charge is 2.17. The van der Waals surface area contributed by atoms with Gasteiger partial charge in [-0.2, -0.15) is 0 Å². The normalized spacial score (nSPS) is 11.9. The summed E-state index contributed by atoms with van der Waals surface area (Å²) in [6.07, 6.45) is -0.249. The molecule has 0 aliphatic carbocycles. The van der Waals surface area contributed by atoms with Gasteiger partial charge in [-0.1, -0.05) is 6.07 Å². The van der Waals surface area contributed by atoms with Crippen molar-refractivity contribution in [2.45, 2.75) is 12.5 Å². The van der Waals surface area contributed by atoms with Gasteiger partial charge >= 0.3 is 0 Å². The Bertz CT molecular complexity index is 450. The summed E-state index contributed by atoms with van der Waals surface area (Å²) < 4.78 is 0.443. The van der Waals surface area contributed by atoms with Crippen LogP contribution in [0.3, 0.4) is 0 Å². The first-order valence-electron chi connectivity index (χ1n) is 4.74. The molecule has 1 aromatic carbocycles. The number of benzene rings is 1. The second-order valence-electron chi connectivity index (χ2n) is 3.40. The minimum absolute atomic E-state index is 0.105. The molecule has 0 saturated heterocycles. The van der Waals surface area contributed by atoms with E-state index < -0.39 is 17.9 Å². The second kappa shape index (κ2) is 5.65. The highest BCUT2D eigenvalue weighted by atomic mass is 79.9. The van der Waals surface area contributed by atoms with Crippen LogP contribution in [0.15, 0.2) is 22.7 Å². The number of amides is 2. The van der Waals surface area contributed by atoms with Gasteiger partial charge in [0.1, 0.15) is 0 Å². The largest absolute Gasteiger partial charge is 0.505 e. The fraction of sp³-hybridized carbons (Fsp3) is 0.200. The van der Waals surface area contributed by atoms with Crippen molar-refractivity contribution in [3.05, 3.63) is 22.7 Å². The molecule has 92 valence electrons. The molecule has 1 unspecified atom stereocenters. The Hall–Kier alpha value is -1.60. The summed E-state index contributed by atoms with van der Waals surface area (Å²) in [5.74, 6) is -1.35. The quantitative estimate of drug-likeness (QED) is 0.598. The molecule has 0 aliphatic heterocycles. The van der Waals surface area contributed by atoms with Crippen molar-refractivity contribution in [3.8, 4) is 5.75 Å². The van der Waals surface area contributed by atoms with E-state index in [1.807, 2.05) is 0 Å². The van der Waals surface area contributed by atoms with E-state index in [0.717, 1.165) is 0 Å². The van der Waals surface area contributed by atoms with Gasteiger partial charge in [-0.15, -0.1) is 0 Å². The van der Waals surface area contributed by atoms with Crippen LogP contribution in [-0.4, -0.2) is 23.0 Å². The Balaban J connectivity index is 2.74. The number of carbonyl (C=O) groups is 2. The minimum atomic E-state index is -1.04. The van der Waals surface area contributed by atoms with Crippen LogP contribution in [0, 0.1) is 0 Å². The summed E-state index contributed by atoms with van der Waals surface area (Å²) >= 11 is 3.11. The van der Waals surface area contributed by atoms with Crippen LogP contribution < -0.4 is 16.8 Å². The zero-order valence-electron chi connectivity index (χ0n) is 8.81. The van der Waals surface area contributed by atoms with Crippen LogP contribution in [0.2, 0.25) is 0 Å². The molecule has 0 aliphatic rings. The summed E-state index contributed by atoms with van der Waals surface area (Å²) in [5, 5.41) is 12.0. The first-order chi connectivity index (χ1) is 7.91. The molecule has 7 heteroatoms. The van der Waals surface area contributed by atoms with E-state index in [2.05, 4.69) is 21.2 Å². The van der Waals surface area contributed by atoms with Crippen molar-refractivity contribution >= 4 is 33.4 Å². The van der Waals surface area contributed by atoms with Gasteiger partial charge < -0.3 is 21.9 Å². The molecule has 6 N–H and O–H groups in total. The Morgan fingerprint density at radius 3 is 2.71 bits per heavy atom. The highest BCUT2D eigenvalue weighted by molar-refractivity contribution is 9.10. The minimum Gasteiger partial charge on any atom is -0.505 e. The number of phenols is 1.